The van der Waals surface area contributed by atoms with Gasteiger partial charge in [-0.2, -0.15) is 0 Å². The SMILES string of the molecule is CCNc1cc([N+](=O)[O-])cc(N(C)CCC(C)C)n1. The molecule has 0 atom stereocenters. The lowest BCUT2D eigenvalue weighted by atomic mass is 10.1. The van der Waals surface area contributed by atoms with Crippen molar-refractivity contribution in [1.29, 1.82) is 0 Å². The number of anilines is 2. The van der Waals surface area contributed by atoms with E-state index in [1.807, 2.05) is 18.9 Å². The smallest absolute Gasteiger partial charge is 0.276 e. The van der Waals surface area contributed by atoms with Crippen molar-refractivity contribution in [3.05, 3.63) is 22.2 Å². The number of aromatic nitrogens is 1. The summed E-state index contributed by atoms with van der Waals surface area (Å²) >= 11 is 0. The fourth-order valence-electron chi connectivity index (χ4n) is 1.64. The Balaban J connectivity index is 2.94. The van der Waals surface area contributed by atoms with E-state index in [0.29, 0.717) is 24.1 Å². The van der Waals surface area contributed by atoms with Gasteiger partial charge in [0.2, 0.25) is 0 Å². The predicted molar refractivity (Wildman–Crippen MR) is 77.8 cm³/mol. The molecule has 0 aliphatic rings. The lowest BCUT2D eigenvalue weighted by Gasteiger charge is -2.19. The van der Waals surface area contributed by atoms with Crippen LogP contribution in [0.1, 0.15) is 27.2 Å². The van der Waals surface area contributed by atoms with E-state index in [4.69, 9.17) is 0 Å². The summed E-state index contributed by atoms with van der Waals surface area (Å²) in [6.07, 6.45) is 1.03. The number of nitro groups is 1. The minimum absolute atomic E-state index is 0.0670. The molecule has 1 rings (SSSR count). The predicted octanol–water partition coefficient (Wildman–Crippen LogP) is 2.90. The number of hydrogen-bond donors (Lipinski definition) is 1. The Kier molecular flexibility index (Phi) is 5.54. The van der Waals surface area contributed by atoms with Crippen molar-refractivity contribution in [2.45, 2.75) is 27.2 Å². The molecule has 6 heteroatoms. The third-order valence-electron chi connectivity index (χ3n) is 2.80. The van der Waals surface area contributed by atoms with Crippen LogP contribution < -0.4 is 10.2 Å². The molecule has 0 saturated heterocycles. The van der Waals surface area contributed by atoms with Crippen molar-refractivity contribution >= 4 is 17.3 Å². The summed E-state index contributed by atoms with van der Waals surface area (Å²) in [5.74, 6) is 1.77. The number of pyridine rings is 1. The quantitative estimate of drug-likeness (QED) is 0.607. The molecule has 0 amide bonds. The number of nitrogens with zero attached hydrogens (tertiary/aromatic N) is 3. The topological polar surface area (TPSA) is 71.3 Å². The van der Waals surface area contributed by atoms with Gasteiger partial charge in [0.05, 0.1) is 17.1 Å². The van der Waals surface area contributed by atoms with Crippen molar-refractivity contribution in [1.82, 2.24) is 4.98 Å². The molecule has 6 nitrogen and oxygen atoms in total. The van der Waals surface area contributed by atoms with Crippen molar-refractivity contribution in [3.8, 4) is 0 Å². The summed E-state index contributed by atoms with van der Waals surface area (Å²) in [6, 6.07) is 2.98. The van der Waals surface area contributed by atoms with Crippen molar-refractivity contribution in [2.24, 2.45) is 5.92 Å². The molecule has 0 radical (unpaired) electrons. The molecule has 1 aromatic heterocycles. The molecule has 0 bridgehead atoms. The first-order chi connectivity index (χ1) is 8.93. The Morgan fingerprint density at radius 3 is 2.68 bits per heavy atom. The highest BCUT2D eigenvalue weighted by molar-refractivity contribution is 5.55. The van der Waals surface area contributed by atoms with Gasteiger partial charge in [0.15, 0.2) is 0 Å². The van der Waals surface area contributed by atoms with Gasteiger partial charge in [-0.3, -0.25) is 10.1 Å². The average Bonchev–Trinajstić information content (AvgIpc) is 2.35. The summed E-state index contributed by atoms with van der Waals surface area (Å²) in [5.41, 5.74) is 0.0670. The first-order valence-corrected chi connectivity index (χ1v) is 6.55. The second kappa shape index (κ2) is 6.92. The zero-order valence-electron chi connectivity index (χ0n) is 12.0. The standard InChI is InChI=1S/C13H22N4O2/c1-5-14-12-8-11(17(18)19)9-13(15-12)16(4)7-6-10(2)3/h8-10H,5-7H2,1-4H3,(H,14,15). The molecule has 19 heavy (non-hydrogen) atoms. The van der Waals surface area contributed by atoms with Crippen LogP contribution in [-0.4, -0.2) is 30.0 Å². The average molecular weight is 266 g/mol. The molecular formula is C13H22N4O2. The second-order valence-corrected chi connectivity index (χ2v) is 4.96. The van der Waals surface area contributed by atoms with E-state index in [1.54, 1.807) is 0 Å². The summed E-state index contributed by atoms with van der Waals surface area (Å²) in [5, 5.41) is 14.0. The summed E-state index contributed by atoms with van der Waals surface area (Å²) in [6.45, 7) is 7.75. The van der Waals surface area contributed by atoms with E-state index in [0.717, 1.165) is 13.0 Å². The molecule has 1 heterocycles. The molecule has 0 spiro atoms. The first kappa shape index (κ1) is 15.2. The highest BCUT2D eigenvalue weighted by Crippen LogP contribution is 2.23. The van der Waals surface area contributed by atoms with E-state index in [9.17, 15) is 10.1 Å². The minimum Gasteiger partial charge on any atom is -0.370 e. The van der Waals surface area contributed by atoms with Gasteiger partial charge >= 0.3 is 0 Å². The Morgan fingerprint density at radius 1 is 1.47 bits per heavy atom. The van der Waals surface area contributed by atoms with Gasteiger partial charge in [0.1, 0.15) is 11.6 Å². The monoisotopic (exact) mass is 266 g/mol. The minimum atomic E-state index is -0.387. The van der Waals surface area contributed by atoms with E-state index in [2.05, 4.69) is 24.1 Å². The fourth-order valence-corrected chi connectivity index (χ4v) is 1.64. The van der Waals surface area contributed by atoms with Crippen LogP contribution in [0.5, 0.6) is 0 Å². The van der Waals surface area contributed by atoms with Gasteiger partial charge in [0.25, 0.3) is 5.69 Å². The molecule has 0 saturated carbocycles. The maximum absolute atomic E-state index is 10.9. The lowest BCUT2D eigenvalue weighted by molar-refractivity contribution is -0.384. The zero-order valence-corrected chi connectivity index (χ0v) is 12.0. The third-order valence-corrected chi connectivity index (χ3v) is 2.80. The first-order valence-electron chi connectivity index (χ1n) is 6.55. The molecule has 1 aromatic rings. The van der Waals surface area contributed by atoms with Crippen LogP contribution in [0.15, 0.2) is 12.1 Å². The van der Waals surface area contributed by atoms with Gasteiger partial charge in [-0.15, -0.1) is 0 Å². The van der Waals surface area contributed by atoms with Gasteiger partial charge in [-0.05, 0) is 19.3 Å². The van der Waals surface area contributed by atoms with Gasteiger partial charge in [-0.25, -0.2) is 4.98 Å². The van der Waals surface area contributed by atoms with Crippen LogP contribution in [-0.2, 0) is 0 Å². The third kappa shape index (κ3) is 4.73. The van der Waals surface area contributed by atoms with Crippen LogP contribution in [0.3, 0.4) is 0 Å². The van der Waals surface area contributed by atoms with E-state index >= 15 is 0 Å². The van der Waals surface area contributed by atoms with E-state index in [-0.39, 0.29) is 10.6 Å². The van der Waals surface area contributed by atoms with Gasteiger partial charge in [-0.1, -0.05) is 13.8 Å². The molecule has 106 valence electrons. The van der Waals surface area contributed by atoms with Crippen molar-refractivity contribution in [3.63, 3.8) is 0 Å². The van der Waals surface area contributed by atoms with Crippen molar-refractivity contribution < 1.29 is 4.92 Å². The van der Waals surface area contributed by atoms with Gasteiger partial charge in [0, 0.05) is 20.1 Å². The highest BCUT2D eigenvalue weighted by atomic mass is 16.6. The fraction of sp³-hybridized carbons (Fsp3) is 0.615. The Morgan fingerprint density at radius 2 is 2.16 bits per heavy atom. The molecule has 1 N–H and O–H groups in total. The summed E-state index contributed by atoms with van der Waals surface area (Å²) in [7, 11) is 1.91. The normalized spacial score (nSPS) is 10.6. The largest absolute Gasteiger partial charge is 0.370 e. The Labute approximate surface area is 114 Å². The van der Waals surface area contributed by atoms with E-state index in [1.165, 1.54) is 12.1 Å². The molecule has 0 aromatic carbocycles. The number of rotatable bonds is 7. The van der Waals surface area contributed by atoms with Crippen LogP contribution in [0, 0.1) is 16.0 Å². The van der Waals surface area contributed by atoms with Crippen molar-refractivity contribution in [2.75, 3.05) is 30.4 Å². The lowest BCUT2D eigenvalue weighted by Crippen LogP contribution is -2.21. The number of hydrogen-bond acceptors (Lipinski definition) is 5. The Bertz CT molecular complexity index is 435. The molecule has 0 aliphatic heterocycles. The molecular weight excluding hydrogens is 244 g/mol. The van der Waals surface area contributed by atoms with Gasteiger partial charge < -0.3 is 10.2 Å². The maximum atomic E-state index is 10.9. The van der Waals surface area contributed by atoms with Crippen LogP contribution in [0.4, 0.5) is 17.3 Å². The highest BCUT2D eigenvalue weighted by Gasteiger charge is 2.13. The summed E-state index contributed by atoms with van der Waals surface area (Å²) < 4.78 is 0. The molecule has 0 unspecified atom stereocenters. The summed E-state index contributed by atoms with van der Waals surface area (Å²) in [4.78, 5) is 16.9. The van der Waals surface area contributed by atoms with Crippen LogP contribution >= 0.6 is 0 Å². The maximum Gasteiger partial charge on any atom is 0.276 e. The Hall–Kier alpha value is -1.85. The van der Waals surface area contributed by atoms with Crippen LogP contribution in [0.2, 0.25) is 0 Å². The second-order valence-electron chi connectivity index (χ2n) is 4.96. The number of nitrogens with one attached hydrogen (secondary N) is 1. The van der Waals surface area contributed by atoms with E-state index < -0.39 is 0 Å². The molecule has 0 fully saturated rings. The molecule has 0 aliphatic carbocycles. The zero-order chi connectivity index (χ0) is 14.4. The van der Waals surface area contributed by atoms with Crippen LogP contribution in [0.25, 0.3) is 0 Å².